The van der Waals surface area contributed by atoms with Crippen LogP contribution in [0.3, 0.4) is 0 Å². The largest absolute Gasteiger partial charge is 0.490 e. The molecule has 0 aliphatic heterocycles. The highest BCUT2D eigenvalue weighted by molar-refractivity contribution is 6.30. The SMILES string of the molecule is CC(=O)N/N=C\c1cc(Cl)ccc1OCCOc1ccc(C)cc1. The average molecular weight is 347 g/mol. The van der Waals surface area contributed by atoms with E-state index in [-0.39, 0.29) is 5.91 Å². The van der Waals surface area contributed by atoms with Crippen LogP contribution in [-0.4, -0.2) is 25.3 Å². The van der Waals surface area contributed by atoms with Gasteiger partial charge < -0.3 is 9.47 Å². The summed E-state index contributed by atoms with van der Waals surface area (Å²) in [6, 6.07) is 13.0. The van der Waals surface area contributed by atoms with E-state index in [9.17, 15) is 4.79 Å². The van der Waals surface area contributed by atoms with Gasteiger partial charge in [-0.15, -0.1) is 0 Å². The number of carbonyl (C=O) groups excluding carboxylic acids is 1. The maximum atomic E-state index is 10.9. The molecule has 2 rings (SSSR count). The van der Waals surface area contributed by atoms with Crippen LogP contribution < -0.4 is 14.9 Å². The van der Waals surface area contributed by atoms with Crippen LogP contribution in [-0.2, 0) is 4.79 Å². The van der Waals surface area contributed by atoms with E-state index >= 15 is 0 Å². The van der Waals surface area contributed by atoms with E-state index in [4.69, 9.17) is 21.1 Å². The molecule has 6 heteroatoms. The molecular formula is C18H19ClN2O3. The molecule has 2 aromatic rings. The summed E-state index contributed by atoms with van der Waals surface area (Å²) in [4.78, 5) is 10.9. The van der Waals surface area contributed by atoms with Gasteiger partial charge in [0, 0.05) is 17.5 Å². The minimum atomic E-state index is -0.248. The summed E-state index contributed by atoms with van der Waals surface area (Å²) in [5, 5.41) is 4.39. The topological polar surface area (TPSA) is 59.9 Å². The smallest absolute Gasteiger partial charge is 0.236 e. The molecule has 0 saturated heterocycles. The molecule has 0 heterocycles. The third-order valence-electron chi connectivity index (χ3n) is 3.03. The molecule has 2 aromatic carbocycles. The van der Waals surface area contributed by atoms with E-state index in [1.54, 1.807) is 18.2 Å². The van der Waals surface area contributed by atoms with E-state index in [1.165, 1.54) is 18.7 Å². The summed E-state index contributed by atoms with van der Waals surface area (Å²) in [7, 11) is 0. The maximum Gasteiger partial charge on any atom is 0.236 e. The van der Waals surface area contributed by atoms with Crippen LogP contribution >= 0.6 is 11.6 Å². The first-order valence-corrected chi connectivity index (χ1v) is 7.84. The van der Waals surface area contributed by atoms with E-state index < -0.39 is 0 Å². The number of hydrogen-bond acceptors (Lipinski definition) is 4. The molecule has 0 atom stereocenters. The van der Waals surface area contributed by atoms with Gasteiger partial charge in [0.15, 0.2) is 0 Å². The first-order chi connectivity index (χ1) is 11.5. The number of ether oxygens (including phenoxy) is 2. The fraction of sp³-hybridized carbons (Fsp3) is 0.222. The highest BCUT2D eigenvalue weighted by atomic mass is 35.5. The third kappa shape index (κ3) is 5.93. The Labute approximate surface area is 146 Å². The predicted octanol–water partition coefficient (Wildman–Crippen LogP) is 3.58. The number of amides is 1. The Hall–Kier alpha value is -2.53. The molecule has 1 N–H and O–H groups in total. The summed E-state index contributed by atoms with van der Waals surface area (Å²) in [6.45, 7) is 4.19. The quantitative estimate of drug-likeness (QED) is 0.473. The van der Waals surface area contributed by atoms with Gasteiger partial charge in [0.25, 0.3) is 0 Å². The average Bonchev–Trinajstić information content (AvgIpc) is 2.54. The number of nitrogens with zero attached hydrogens (tertiary/aromatic N) is 1. The zero-order valence-corrected chi connectivity index (χ0v) is 14.3. The lowest BCUT2D eigenvalue weighted by molar-refractivity contribution is -0.118. The van der Waals surface area contributed by atoms with Gasteiger partial charge in [0.2, 0.25) is 5.91 Å². The highest BCUT2D eigenvalue weighted by Crippen LogP contribution is 2.21. The van der Waals surface area contributed by atoms with Crippen LogP contribution in [0.15, 0.2) is 47.6 Å². The van der Waals surface area contributed by atoms with Crippen molar-refractivity contribution in [2.75, 3.05) is 13.2 Å². The molecule has 0 bridgehead atoms. The highest BCUT2D eigenvalue weighted by Gasteiger charge is 2.03. The van der Waals surface area contributed by atoms with Crippen molar-refractivity contribution in [2.45, 2.75) is 13.8 Å². The Bertz CT molecular complexity index is 715. The first-order valence-electron chi connectivity index (χ1n) is 7.46. The van der Waals surface area contributed by atoms with Gasteiger partial charge in [-0.2, -0.15) is 5.10 Å². The van der Waals surface area contributed by atoms with Crippen molar-refractivity contribution in [1.82, 2.24) is 5.43 Å². The maximum absolute atomic E-state index is 10.9. The molecule has 5 nitrogen and oxygen atoms in total. The molecule has 0 aliphatic carbocycles. The Morgan fingerprint density at radius 3 is 2.58 bits per heavy atom. The Morgan fingerprint density at radius 1 is 1.17 bits per heavy atom. The molecule has 126 valence electrons. The molecule has 0 unspecified atom stereocenters. The number of aryl methyl sites for hydroxylation is 1. The second-order valence-corrected chi connectivity index (χ2v) is 5.55. The fourth-order valence-electron chi connectivity index (χ4n) is 1.89. The Morgan fingerprint density at radius 2 is 1.88 bits per heavy atom. The summed E-state index contributed by atoms with van der Waals surface area (Å²) >= 11 is 5.98. The van der Waals surface area contributed by atoms with Gasteiger partial charge in [-0.1, -0.05) is 29.3 Å². The second-order valence-electron chi connectivity index (χ2n) is 5.12. The van der Waals surface area contributed by atoms with Crippen LogP contribution in [0.1, 0.15) is 18.1 Å². The molecule has 0 fully saturated rings. The number of halogens is 1. The van der Waals surface area contributed by atoms with Crippen LogP contribution in [0.5, 0.6) is 11.5 Å². The lowest BCUT2D eigenvalue weighted by Gasteiger charge is -2.11. The van der Waals surface area contributed by atoms with Crippen LogP contribution in [0.25, 0.3) is 0 Å². The molecule has 0 radical (unpaired) electrons. The van der Waals surface area contributed by atoms with Crippen molar-refractivity contribution >= 4 is 23.7 Å². The number of benzene rings is 2. The number of hydrogen-bond donors (Lipinski definition) is 1. The molecule has 0 aliphatic rings. The minimum Gasteiger partial charge on any atom is -0.490 e. The zero-order chi connectivity index (χ0) is 17.4. The number of hydrazone groups is 1. The lowest BCUT2D eigenvalue weighted by Crippen LogP contribution is -2.13. The van der Waals surface area contributed by atoms with Crippen molar-refractivity contribution in [3.05, 3.63) is 58.6 Å². The van der Waals surface area contributed by atoms with Crippen molar-refractivity contribution in [3.8, 4) is 11.5 Å². The monoisotopic (exact) mass is 346 g/mol. The summed E-state index contributed by atoms with van der Waals surface area (Å²) in [5.41, 5.74) is 4.20. The fourth-order valence-corrected chi connectivity index (χ4v) is 2.07. The summed E-state index contributed by atoms with van der Waals surface area (Å²) in [5.74, 6) is 1.16. The number of nitrogens with one attached hydrogen (secondary N) is 1. The lowest BCUT2D eigenvalue weighted by atomic mass is 10.2. The van der Waals surface area contributed by atoms with Gasteiger partial charge in [0.1, 0.15) is 24.7 Å². The van der Waals surface area contributed by atoms with Crippen molar-refractivity contribution in [3.63, 3.8) is 0 Å². The van der Waals surface area contributed by atoms with Crippen molar-refractivity contribution in [2.24, 2.45) is 5.10 Å². The second kappa shape index (κ2) is 8.93. The van der Waals surface area contributed by atoms with Gasteiger partial charge in [0.05, 0.1) is 6.21 Å². The number of rotatable bonds is 7. The van der Waals surface area contributed by atoms with E-state index in [0.717, 1.165) is 5.75 Å². The molecular weight excluding hydrogens is 328 g/mol. The molecule has 1 amide bonds. The number of carbonyl (C=O) groups is 1. The summed E-state index contributed by atoms with van der Waals surface area (Å²) in [6.07, 6.45) is 1.49. The zero-order valence-electron chi connectivity index (χ0n) is 13.6. The molecule has 0 aromatic heterocycles. The molecule has 24 heavy (non-hydrogen) atoms. The van der Waals surface area contributed by atoms with E-state index in [0.29, 0.717) is 29.5 Å². The third-order valence-corrected chi connectivity index (χ3v) is 3.26. The van der Waals surface area contributed by atoms with Crippen LogP contribution in [0.2, 0.25) is 5.02 Å². The van der Waals surface area contributed by atoms with Crippen molar-refractivity contribution < 1.29 is 14.3 Å². The predicted molar refractivity (Wildman–Crippen MR) is 95.0 cm³/mol. The normalized spacial score (nSPS) is 10.6. The Balaban J connectivity index is 1.90. The van der Waals surface area contributed by atoms with Gasteiger partial charge in [-0.3, -0.25) is 4.79 Å². The van der Waals surface area contributed by atoms with E-state index in [1.807, 2.05) is 31.2 Å². The van der Waals surface area contributed by atoms with Gasteiger partial charge >= 0.3 is 0 Å². The minimum absolute atomic E-state index is 0.248. The van der Waals surface area contributed by atoms with Gasteiger partial charge in [-0.05, 0) is 37.3 Å². The Kier molecular flexibility index (Phi) is 6.63. The van der Waals surface area contributed by atoms with Crippen molar-refractivity contribution in [1.29, 1.82) is 0 Å². The van der Waals surface area contributed by atoms with E-state index in [2.05, 4.69) is 10.5 Å². The first kappa shape index (κ1) is 17.8. The molecule has 0 spiro atoms. The van der Waals surface area contributed by atoms with Gasteiger partial charge in [-0.25, -0.2) is 5.43 Å². The standard InChI is InChI=1S/C18H19ClN2O3/c1-13-3-6-17(7-4-13)23-9-10-24-18-8-5-16(19)11-15(18)12-20-21-14(2)22/h3-8,11-12H,9-10H2,1-2H3,(H,21,22)/b20-12-. The summed E-state index contributed by atoms with van der Waals surface area (Å²) < 4.78 is 11.3. The molecule has 0 saturated carbocycles. The van der Waals surface area contributed by atoms with Crippen LogP contribution in [0.4, 0.5) is 0 Å². The van der Waals surface area contributed by atoms with Crippen LogP contribution in [0, 0.1) is 6.92 Å².